The van der Waals surface area contributed by atoms with E-state index in [2.05, 4.69) is 32.1 Å². The van der Waals surface area contributed by atoms with Gasteiger partial charge < -0.3 is 24.6 Å². The first-order valence-electron chi connectivity index (χ1n) is 13.1. The van der Waals surface area contributed by atoms with Crippen LogP contribution < -0.4 is 15.0 Å². The van der Waals surface area contributed by atoms with Gasteiger partial charge in [0.2, 0.25) is 21.9 Å². The highest BCUT2D eigenvalue weighted by molar-refractivity contribution is 7.89. The number of ether oxygens (including phenoxy) is 2. The fourth-order valence-corrected chi connectivity index (χ4v) is 6.42. The quantitative estimate of drug-likeness (QED) is 0.539. The fourth-order valence-electron chi connectivity index (χ4n) is 4.95. The molecule has 0 aliphatic carbocycles. The lowest BCUT2D eigenvalue weighted by Crippen LogP contribution is -2.44. The van der Waals surface area contributed by atoms with Gasteiger partial charge in [-0.25, -0.2) is 13.4 Å². The minimum atomic E-state index is -4.66. The Morgan fingerprint density at radius 3 is 2.33 bits per heavy atom. The topological polar surface area (TPSA) is 100 Å². The van der Waals surface area contributed by atoms with Gasteiger partial charge in [0.1, 0.15) is 11.7 Å². The van der Waals surface area contributed by atoms with Gasteiger partial charge in [-0.15, -0.1) is 0 Å². The number of alkyl halides is 3. The molecule has 14 heteroatoms. The molecule has 5 rings (SSSR count). The normalized spacial score (nSPS) is 22.3. The van der Waals surface area contributed by atoms with Crippen LogP contribution in [0.25, 0.3) is 0 Å². The molecule has 0 spiro atoms. The number of hydrogen-bond acceptors (Lipinski definition) is 9. The summed E-state index contributed by atoms with van der Waals surface area (Å²) in [5.41, 5.74) is -0.0372. The Balaban J connectivity index is 1.19. The number of nitrogens with one attached hydrogen (secondary N) is 1. The number of aromatic nitrogens is 2. The van der Waals surface area contributed by atoms with Gasteiger partial charge in [-0.1, -0.05) is 0 Å². The Bertz CT molecular complexity index is 1230. The second kappa shape index (κ2) is 11.4. The van der Waals surface area contributed by atoms with E-state index in [1.54, 1.807) is 12.1 Å². The summed E-state index contributed by atoms with van der Waals surface area (Å²) in [6, 6.07) is 6.81. The van der Waals surface area contributed by atoms with Crippen LogP contribution in [-0.4, -0.2) is 99.3 Å². The van der Waals surface area contributed by atoms with Crippen LogP contribution in [0.5, 0.6) is 5.88 Å². The smallest absolute Gasteiger partial charge is 0.423 e. The van der Waals surface area contributed by atoms with E-state index in [4.69, 9.17) is 9.47 Å². The Morgan fingerprint density at radius 2 is 1.72 bits per heavy atom. The first-order valence-corrected chi connectivity index (χ1v) is 14.5. The van der Waals surface area contributed by atoms with Gasteiger partial charge >= 0.3 is 6.18 Å². The van der Waals surface area contributed by atoms with Gasteiger partial charge in [-0.2, -0.15) is 22.5 Å². The maximum atomic E-state index is 13.5. The van der Waals surface area contributed by atoms with Crippen molar-refractivity contribution in [2.24, 2.45) is 0 Å². The summed E-state index contributed by atoms with van der Waals surface area (Å²) in [4.78, 5) is 12.6. The molecule has 214 valence electrons. The lowest BCUT2D eigenvalue weighted by Gasteiger charge is -2.34. The minimum Gasteiger partial charge on any atom is -0.471 e. The lowest BCUT2D eigenvalue weighted by atomic mass is 10.1. The molecule has 4 heterocycles. The van der Waals surface area contributed by atoms with Crippen molar-refractivity contribution < 1.29 is 31.1 Å². The molecule has 3 aliphatic rings. The van der Waals surface area contributed by atoms with Crippen LogP contribution in [0, 0.1) is 0 Å². The summed E-state index contributed by atoms with van der Waals surface area (Å²) < 4.78 is 79.0. The minimum absolute atomic E-state index is 0.0118. The number of hydrogen-bond donors (Lipinski definition) is 1. The van der Waals surface area contributed by atoms with Gasteiger partial charge in [0, 0.05) is 63.6 Å². The van der Waals surface area contributed by atoms with E-state index in [1.165, 1.54) is 4.31 Å². The summed E-state index contributed by atoms with van der Waals surface area (Å²) in [5.74, 6) is -0.520. The van der Waals surface area contributed by atoms with Crippen LogP contribution >= 0.6 is 0 Å². The number of nitrogens with zero attached hydrogens (tertiary/aromatic N) is 5. The van der Waals surface area contributed by atoms with Gasteiger partial charge in [0.25, 0.3) is 0 Å². The van der Waals surface area contributed by atoms with E-state index in [0.717, 1.165) is 31.9 Å². The van der Waals surface area contributed by atoms with Gasteiger partial charge in [0.15, 0.2) is 0 Å². The predicted octanol–water partition coefficient (Wildman–Crippen LogP) is 2.68. The number of rotatable bonds is 7. The highest BCUT2D eigenvalue weighted by Crippen LogP contribution is 2.36. The zero-order chi connectivity index (χ0) is 27.6. The molecular formula is C25H33F3N6O4S. The molecule has 0 amide bonds. The molecule has 0 radical (unpaired) electrons. The number of anilines is 2. The van der Waals surface area contributed by atoms with Gasteiger partial charge in [-0.3, -0.25) is 0 Å². The van der Waals surface area contributed by atoms with E-state index in [1.807, 2.05) is 12.1 Å². The van der Waals surface area contributed by atoms with E-state index >= 15 is 0 Å². The largest absolute Gasteiger partial charge is 0.471 e. The lowest BCUT2D eigenvalue weighted by molar-refractivity contribution is -0.139. The summed E-state index contributed by atoms with van der Waals surface area (Å²) in [6.45, 7) is 4.88. The third-order valence-electron chi connectivity index (χ3n) is 7.36. The van der Waals surface area contributed by atoms with Crippen molar-refractivity contribution in [3.05, 3.63) is 36.0 Å². The van der Waals surface area contributed by atoms with Crippen molar-refractivity contribution >= 4 is 21.7 Å². The summed E-state index contributed by atoms with van der Waals surface area (Å²) >= 11 is 0. The van der Waals surface area contributed by atoms with Crippen LogP contribution in [0.4, 0.5) is 24.8 Å². The van der Waals surface area contributed by atoms with Crippen LogP contribution in [0.1, 0.15) is 24.8 Å². The molecule has 1 aromatic carbocycles. The predicted molar refractivity (Wildman–Crippen MR) is 138 cm³/mol. The molecule has 3 saturated heterocycles. The second-order valence-corrected chi connectivity index (χ2v) is 12.1. The first kappa shape index (κ1) is 27.9. The second-order valence-electron chi connectivity index (χ2n) is 10.1. The molecule has 3 aliphatic heterocycles. The van der Waals surface area contributed by atoms with Crippen LogP contribution in [0.3, 0.4) is 0 Å². The van der Waals surface area contributed by atoms with E-state index in [9.17, 15) is 21.6 Å². The maximum Gasteiger partial charge on any atom is 0.423 e. The SMILES string of the molecule is CN1CCN(c2ccc(S(=O)(=O)N3CCC(Nc4ncc(C(F)(F)F)c(O[C@H]5CCOC5)n4)CC3)cc2)CC1. The van der Waals surface area contributed by atoms with Crippen molar-refractivity contribution in [2.75, 3.05) is 69.7 Å². The molecule has 0 bridgehead atoms. The first-order chi connectivity index (χ1) is 18.6. The number of piperazine rings is 1. The van der Waals surface area contributed by atoms with Gasteiger partial charge in [0.05, 0.1) is 18.1 Å². The Hall–Kier alpha value is -2.68. The molecule has 1 N–H and O–H groups in total. The summed E-state index contributed by atoms with van der Waals surface area (Å²) in [5, 5.41) is 3.05. The van der Waals surface area contributed by atoms with Gasteiger partial charge in [-0.05, 0) is 44.2 Å². The molecule has 1 aromatic heterocycles. The molecule has 2 aromatic rings. The number of sulfonamides is 1. The van der Waals surface area contributed by atoms with Crippen LogP contribution in [0.2, 0.25) is 0 Å². The Morgan fingerprint density at radius 1 is 1.03 bits per heavy atom. The molecule has 0 unspecified atom stereocenters. The van der Waals surface area contributed by atoms with Crippen molar-refractivity contribution in [1.29, 1.82) is 0 Å². The molecule has 1 atom stereocenters. The van der Waals surface area contributed by atoms with Crippen LogP contribution in [0.15, 0.2) is 35.4 Å². The zero-order valence-electron chi connectivity index (χ0n) is 21.7. The monoisotopic (exact) mass is 570 g/mol. The Labute approximate surface area is 226 Å². The average Bonchev–Trinajstić information content (AvgIpc) is 3.42. The maximum absolute atomic E-state index is 13.5. The van der Waals surface area contributed by atoms with Crippen LogP contribution in [-0.2, 0) is 20.9 Å². The van der Waals surface area contributed by atoms with E-state index in [-0.39, 0.29) is 36.6 Å². The number of benzene rings is 1. The Kier molecular flexibility index (Phi) is 8.17. The number of likely N-dealkylation sites (N-methyl/N-ethyl adjacent to an activating group) is 1. The standard InChI is InChI=1S/C25H33F3N6O4S/c1-32-11-13-33(14-12-32)19-2-4-21(5-3-19)39(35,36)34-9-6-18(7-10-34)30-24-29-16-22(25(26,27)28)23(31-24)38-20-8-15-37-17-20/h2-5,16,18,20H,6-15,17H2,1H3,(H,29,30,31)/t20-/m0/s1. The third-order valence-corrected chi connectivity index (χ3v) is 9.27. The fraction of sp³-hybridized carbons (Fsp3) is 0.600. The number of piperidine rings is 1. The molecule has 39 heavy (non-hydrogen) atoms. The third kappa shape index (κ3) is 6.56. The molecule has 0 saturated carbocycles. The highest BCUT2D eigenvalue weighted by Gasteiger charge is 2.38. The molecule has 10 nitrogen and oxygen atoms in total. The summed E-state index contributed by atoms with van der Waals surface area (Å²) in [6.07, 6.45) is -3.06. The van der Waals surface area contributed by atoms with Crippen molar-refractivity contribution in [2.45, 2.75) is 42.5 Å². The zero-order valence-corrected chi connectivity index (χ0v) is 22.5. The molecule has 3 fully saturated rings. The highest BCUT2D eigenvalue weighted by atomic mass is 32.2. The van der Waals surface area contributed by atoms with Crippen molar-refractivity contribution in [1.82, 2.24) is 19.2 Å². The van der Waals surface area contributed by atoms with E-state index in [0.29, 0.717) is 32.1 Å². The summed E-state index contributed by atoms with van der Waals surface area (Å²) in [7, 11) is -1.58. The van der Waals surface area contributed by atoms with Crippen molar-refractivity contribution in [3.63, 3.8) is 0 Å². The number of halogens is 3. The van der Waals surface area contributed by atoms with E-state index < -0.39 is 33.7 Å². The average molecular weight is 571 g/mol. The molecular weight excluding hydrogens is 537 g/mol. The van der Waals surface area contributed by atoms with Crippen molar-refractivity contribution in [3.8, 4) is 5.88 Å².